The van der Waals surface area contributed by atoms with E-state index in [0.717, 1.165) is 29.8 Å². The minimum absolute atomic E-state index is 0.278. The van der Waals surface area contributed by atoms with E-state index >= 15 is 0 Å². The summed E-state index contributed by atoms with van der Waals surface area (Å²) in [6.45, 7) is 6.99. The van der Waals surface area contributed by atoms with E-state index in [0.29, 0.717) is 12.5 Å². The number of aliphatic imine (C=N–C) groups is 2. The molecule has 0 unspecified atom stereocenters. The van der Waals surface area contributed by atoms with Gasteiger partial charge in [0.15, 0.2) is 5.66 Å². The summed E-state index contributed by atoms with van der Waals surface area (Å²) in [6.07, 6.45) is 5.43. The van der Waals surface area contributed by atoms with Crippen LogP contribution in [-0.4, -0.2) is 24.7 Å². The molecule has 0 saturated carbocycles. The van der Waals surface area contributed by atoms with Crippen LogP contribution >= 0.6 is 0 Å². The molecule has 2 rings (SSSR count). The quantitative estimate of drug-likeness (QED) is 0.639. The first-order valence-electron chi connectivity index (χ1n) is 7.11. The van der Waals surface area contributed by atoms with Gasteiger partial charge in [-0.1, -0.05) is 13.8 Å². The van der Waals surface area contributed by atoms with E-state index in [9.17, 15) is 0 Å². The predicted octanol–water partition coefficient (Wildman–Crippen LogP) is 3.24. The van der Waals surface area contributed by atoms with Gasteiger partial charge in [-0.2, -0.15) is 0 Å². The van der Waals surface area contributed by atoms with Crippen LogP contribution in [0.15, 0.2) is 28.2 Å². The largest absolute Gasteiger partial charge is 0.493 e. The molecule has 1 aromatic carbocycles. The number of hydrogen-bond donors (Lipinski definition) is 1. The Labute approximate surface area is 120 Å². The van der Waals surface area contributed by atoms with Gasteiger partial charge in [-0.3, -0.25) is 9.98 Å². The first-order valence-corrected chi connectivity index (χ1v) is 7.11. The fourth-order valence-electron chi connectivity index (χ4n) is 2.42. The maximum Gasteiger partial charge on any atom is 0.152 e. The zero-order valence-electron chi connectivity index (χ0n) is 12.5. The number of anilines is 1. The van der Waals surface area contributed by atoms with Crippen LogP contribution < -0.4 is 10.5 Å². The molecule has 0 saturated heterocycles. The maximum atomic E-state index is 5.82. The molecule has 4 heteroatoms. The number of nitrogens with zero attached hydrogens (tertiary/aromatic N) is 2. The lowest BCUT2D eigenvalue weighted by molar-refractivity contribution is 0.252. The van der Waals surface area contributed by atoms with Crippen molar-refractivity contribution in [2.75, 3.05) is 12.3 Å². The van der Waals surface area contributed by atoms with Crippen LogP contribution in [-0.2, 0) is 0 Å². The minimum atomic E-state index is -0.278. The monoisotopic (exact) mass is 273 g/mol. The second kappa shape index (κ2) is 6.07. The Morgan fingerprint density at radius 2 is 1.95 bits per heavy atom. The molecule has 0 spiro atoms. The van der Waals surface area contributed by atoms with Gasteiger partial charge in [0.25, 0.3) is 0 Å². The van der Waals surface area contributed by atoms with Crippen LogP contribution in [0.3, 0.4) is 0 Å². The zero-order valence-corrected chi connectivity index (χ0v) is 12.5. The second-order valence-corrected chi connectivity index (χ2v) is 5.57. The highest BCUT2D eigenvalue weighted by molar-refractivity contribution is 6.17. The van der Waals surface area contributed by atoms with Crippen molar-refractivity contribution in [3.05, 3.63) is 23.8 Å². The molecule has 0 aliphatic carbocycles. The molecule has 0 amide bonds. The highest BCUT2D eigenvalue weighted by Crippen LogP contribution is 2.31. The lowest BCUT2D eigenvalue weighted by Gasteiger charge is -2.27. The number of benzene rings is 1. The second-order valence-electron chi connectivity index (χ2n) is 5.57. The lowest BCUT2D eigenvalue weighted by Crippen LogP contribution is -2.29. The molecule has 0 atom stereocenters. The van der Waals surface area contributed by atoms with E-state index < -0.39 is 0 Å². The summed E-state index contributed by atoms with van der Waals surface area (Å²) in [6, 6.07) is 5.72. The third kappa shape index (κ3) is 3.18. The van der Waals surface area contributed by atoms with Crippen molar-refractivity contribution in [1.82, 2.24) is 0 Å². The summed E-state index contributed by atoms with van der Waals surface area (Å²) in [5.41, 5.74) is 7.29. The molecule has 1 heterocycles. The molecule has 4 nitrogen and oxygen atoms in total. The third-order valence-corrected chi connectivity index (χ3v) is 3.73. The van der Waals surface area contributed by atoms with Crippen molar-refractivity contribution in [3.63, 3.8) is 0 Å². The van der Waals surface area contributed by atoms with Crippen LogP contribution in [0.25, 0.3) is 0 Å². The standard InChI is InChI=1S/C16H23N3O/c1-12(2)16(18-8-9-19-16)7-4-10-20-15-6-5-14(17)11-13(15)3/h5-6,8-9,11-12H,4,7,10,17H2,1-3H3. The highest BCUT2D eigenvalue weighted by Gasteiger charge is 2.32. The van der Waals surface area contributed by atoms with Crippen molar-refractivity contribution < 1.29 is 4.74 Å². The molecule has 0 radical (unpaired) electrons. The summed E-state index contributed by atoms with van der Waals surface area (Å²) in [5, 5.41) is 0. The molecule has 0 fully saturated rings. The van der Waals surface area contributed by atoms with E-state index in [1.54, 1.807) is 12.4 Å². The summed E-state index contributed by atoms with van der Waals surface area (Å²) < 4.78 is 5.82. The SMILES string of the molecule is Cc1cc(N)ccc1OCCCC1(C(C)C)N=CC=N1. The average Bonchev–Trinajstić information content (AvgIpc) is 2.87. The molecule has 20 heavy (non-hydrogen) atoms. The van der Waals surface area contributed by atoms with Crippen LogP contribution in [0.2, 0.25) is 0 Å². The van der Waals surface area contributed by atoms with Crippen LogP contribution in [0.4, 0.5) is 5.69 Å². The zero-order chi connectivity index (χ0) is 14.6. The van der Waals surface area contributed by atoms with Gasteiger partial charge < -0.3 is 10.5 Å². The Bertz CT molecular complexity index is 508. The lowest BCUT2D eigenvalue weighted by atomic mass is 9.92. The van der Waals surface area contributed by atoms with E-state index in [4.69, 9.17) is 10.5 Å². The first kappa shape index (κ1) is 14.6. The third-order valence-electron chi connectivity index (χ3n) is 3.73. The molecular formula is C16H23N3O. The van der Waals surface area contributed by atoms with Gasteiger partial charge in [0.1, 0.15) is 5.75 Å². The Morgan fingerprint density at radius 1 is 1.25 bits per heavy atom. The molecule has 2 N–H and O–H groups in total. The Morgan fingerprint density at radius 3 is 2.55 bits per heavy atom. The number of nitrogen functional groups attached to an aromatic ring is 1. The molecule has 108 valence electrons. The van der Waals surface area contributed by atoms with E-state index in [1.165, 1.54) is 0 Å². The number of hydrogen-bond acceptors (Lipinski definition) is 4. The number of ether oxygens (including phenoxy) is 1. The van der Waals surface area contributed by atoms with Crippen molar-refractivity contribution in [2.24, 2.45) is 15.9 Å². The van der Waals surface area contributed by atoms with Gasteiger partial charge >= 0.3 is 0 Å². The van der Waals surface area contributed by atoms with E-state index in [1.807, 2.05) is 25.1 Å². The molecule has 0 aromatic heterocycles. The average molecular weight is 273 g/mol. The topological polar surface area (TPSA) is 60.0 Å². The number of aryl methyl sites for hydroxylation is 1. The van der Waals surface area contributed by atoms with Crippen molar-refractivity contribution in [1.29, 1.82) is 0 Å². The van der Waals surface area contributed by atoms with Crippen LogP contribution in [0.5, 0.6) is 5.75 Å². The highest BCUT2D eigenvalue weighted by atomic mass is 16.5. The van der Waals surface area contributed by atoms with Gasteiger partial charge in [-0.25, -0.2) is 0 Å². The summed E-state index contributed by atoms with van der Waals surface area (Å²) >= 11 is 0. The van der Waals surface area contributed by atoms with E-state index in [2.05, 4.69) is 23.8 Å². The van der Waals surface area contributed by atoms with Crippen molar-refractivity contribution in [2.45, 2.75) is 39.3 Å². The van der Waals surface area contributed by atoms with Crippen LogP contribution in [0, 0.1) is 12.8 Å². The summed E-state index contributed by atoms with van der Waals surface area (Å²) in [7, 11) is 0. The summed E-state index contributed by atoms with van der Waals surface area (Å²) in [4.78, 5) is 9.04. The molecular weight excluding hydrogens is 250 g/mol. The normalized spacial score (nSPS) is 16.0. The minimum Gasteiger partial charge on any atom is -0.493 e. The fourth-order valence-corrected chi connectivity index (χ4v) is 2.42. The molecule has 1 aromatic rings. The predicted molar refractivity (Wildman–Crippen MR) is 84.9 cm³/mol. The smallest absolute Gasteiger partial charge is 0.152 e. The Hall–Kier alpha value is -1.84. The van der Waals surface area contributed by atoms with Gasteiger partial charge in [0, 0.05) is 18.1 Å². The van der Waals surface area contributed by atoms with Crippen molar-refractivity contribution in [3.8, 4) is 5.75 Å². The Kier molecular flexibility index (Phi) is 4.42. The number of nitrogens with two attached hydrogens (primary N) is 1. The van der Waals surface area contributed by atoms with Gasteiger partial charge in [-0.15, -0.1) is 0 Å². The fraction of sp³-hybridized carbons (Fsp3) is 0.500. The maximum absolute atomic E-state index is 5.82. The van der Waals surface area contributed by atoms with Gasteiger partial charge in [0.05, 0.1) is 6.61 Å². The number of rotatable bonds is 6. The van der Waals surface area contributed by atoms with E-state index in [-0.39, 0.29) is 5.66 Å². The molecule has 1 aliphatic rings. The first-order chi connectivity index (χ1) is 9.53. The Balaban J connectivity index is 1.84. The summed E-state index contributed by atoms with van der Waals surface area (Å²) in [5.74, 6) is 1.30. The van der Waals surface area contributed by atoms with Crippen LogP contribution in [0.1, 0.15) is 32.3 Å². The molecule has 0 bridgehead atoms. The van der Waals surface area contributed by atoms with Gasteiger partial charge in [-0.05, 0) is 49.4 Å². The van der Waals surface area contributed by atoms with Crippen molar-refractivity contribution >= 4 is 18.1 Å². The molecule has 1 aliphatic heterocycles. The van der Waals surface area contributed by atoms with Gasteiger partial charge in [0.2, 0.25) is 0 Å².